The van der Waals surface area contributed by atoms with Crippen LogP contribution in [0.2, 0.25) is 5.02 Å². The minimum Gasteiger partial charge on any atom is -0.386 e. The molecular weight excluding hydrogens is 358 g/mol. The lowest BCUT2D eigenvalue weighted by atomic mass is 9.98. The molecule has 0 aliphatic heterocycles. The Bertz CT molecular complexity index is 606. The van der Waals surface area contributed by atoms with Crippen LogP contribution in [-0.4, -0.2) is 10.1 Å². The molecule has 1 heterocycles. The van der Waals surface area contributed by atoms with Gasteiger partial charge in [0.25, 0.3) is 0 Å². The van der Waals surface area contributed by atoms with E-state index in [0.717, 1.165) is 20.7 Å². The van der Waals surface area contributed by atoms with Crippen LogP contribution >= 0.6 is 38.9 Å². The first-order chi connectivity index (χ1) is 9.27. The third kappa shape index (κ3) is 3.82. The third-order valence-corrected chi connectivity index (χ3v) is 5.06. The molecule has 2 aromatic rings. The quantitative estimate of drug-likeness (QED) is 0.807. The lowest BCUT2D eigenvalue weighted by Gasteiger charge is -2.14. The average molecular weight is 375 g/mol. The Balaban J connectivity index is 2.16. The molecule has 1 aromatic carbocycles. The zero-order valence-corrected chi connectivity index (χ0v) is 14.8. The van der Waals surface area contributed by atoms with Crippen molar-refractivity contribution in [3.63, 3.8) is 0 Å². The van der Waals surface area contributed by atoms with Crippen molar-refractivity contribution in [2.24, 2.45) is 0 Å². The lowest BCUT2D eigenvalue weighted by Crippen LogP contribution is -2.11. The number of hydrogen-bond donors (Lipinski definition) is 1. The summed E-state index contributed by atoms with van der Waals surface area (Å²) < 4.78 is 0.935. The molecule has 0 amide bonds. The minimum absolute atomic E-state index is 0.0118. The van der Waals surface area contributed by atoms with E-state index in [0.29, 0.717) is 11.4 Å². The summed E-state index contributed by atoms with van der Waals surface area (Å²) in [6, 6.07) is 5.69. The van der Waals surface area contributed by atoms with Gasteiger partial charge in [-0.15, -0.1) is 11.3 Å². The highest BCUT2D eigenvalue weighted by Gasteiger charge is 2.21. The fourth-order valence-corrected chi connectivity index (χ4v) is 3.49. The Morgan fingerprint density at radius 2 is 2.10 bits per heavy atom. The van der Waals surface area contributed by atoms with Crippen molar-refractivity contribution in [2.45, 2.75) is 38.7 Å². The number of hydrogen-bond acceptors (Lipinski definition) is 3. The molecule has 108 valence electrons. The van der Waals surface area contributed by atoms with E-state index in [1.807, 2.05) is 23.6 Å². The van der Waals surface area contributed by atoms with Crippen molar-refractivity contribution in [2.75, 3.05) is 0 Å². The summed E-state index contributed by atoms with van der Waals surface area (Å²) in [6.45, 7) is 6.36. The summed E-state index contributed by atoms with van der Waals surface area (Å²) in [5.41, 5.74) is 1.66. The van der Waals surface area contributed by atoms with Gasteiger partial charge in [0, 0.05) is 26.7 Å². The molecule has 20 heavy (non-hydrogen) atoms. The first kappa shape index (κ1) is 16.0. The van der Waals surface area contributed by atoms with Crippen molar-refractivity contribution >= 4 is 38.9 Å². The smallest absolute Gasteiger partial charge is 0.101 e. The molecule has 2 rings (SSSR count). The Morgan fingerprint density at radius 1 is 1.40 bits per heavy atom. The number of aliphatic hydroxyl groups excluding tert-OH is 1. The molecule has 0 fully saturated rings. The van der Waals surface area contributed by atoms with Crippen LogP contribution in [0.25, 0.3) is 0 Å². The first-order valence-corrected chi connectivity index (χ1v) is 8.40. The van der Waals surface area contributed by atoms with Gasteiger partial charge in [-0.3, -0.25) is 0 Å². The highest BCUT2D eigenvalue weighted by Crippen LogP contribution is 2.30. The molecule has 5 heteroatoms. The standard InChI is InChI=1S/C15H17BrClNOS/c1-15(2,3)14-18-12(8-20-14)13(19)6-9-4-5-10(16)7-11(9)17/h4-5,7-8,13,19H,6H2,1-3H3. The molecule has 0 saturated heterocycles. The maximum Gasteiger partial charge on any atom is 0.101 e. The monoisotopic (exact) mass is 373 g/mol. The zero-order chi connectivity index (χ0) is 14.9. The molecule has 0 aliphatic rings. The Hall–Kier alpha value is -0.420. The molecule has 0 spiro atoms. The largest absolute Gasteiger partial charge is 0.386 e. The first-order valence-electron chi connectivity index (χ1n) is 6.35. The van der Waals surface area contributed by atoms with Gasteiger partial charge in [-0.2, -0.15) is 0 Å². The molecule has 0 saturated carbocycles. The molecule has 0 radical (unpaired) electrons. The van der Waals surface area contributed by atoms with E-state index >= 15 is 0 Å². The number of thiazole rings is 1. The fourth-order valence-electron chi connectivity index (χ4n) is 1.78. The SMILES string of the molecule is CC(C)(C)c1nc(C(O)Cc2ccc(Br)cc2Cl)cs1. The van der Waals surface area contributed by atoms with E-state index in [4.69, 9.17) is 11.6 Å². The van der Waals surface area contributed by atoms with Gasteiger partial charge in [0.1, 0.15) is 6.10 Å². The molecular formula is C15H17BrClNOS. The van der Waals surface area contributed by atoms with Crippen molar-refractivity contribution in [1.82, 2.24) is 4.98 Å². The topological polar surface area (TPSA) is 33.1 Å². The second-order valence-electron chi connectivity index (χ2n) is 5.78. The van der Waals surface area contributed by atoms with Crippen LogP contribution in [0.1, 0.15) is 43.1 Å². The number of aromatic nitrogens is 1. The molecule has 1 atom stereocenters. The average Bonchev–Trinajstić information content (AvgIpc) is 2.82. The summed E-state index contributed by atoms with van der Waals surface area (Å²) in [5, 5.41) is 13.9. The van der Waals surface area contributed by atoms with Gasteiger partial charge >= 0.3 is 0 Å². The van der Waals surface area contributed by atoms with Gasteiger partial charge in [-0.1, -0.05) is 54.4 Å². The fraction of sp³-hybridized carbons (Fsp3) is 0.400. The van der Waals surface area contributed by atoms with Crippen molar-refractivity contribution in [3.05, 3.63) is 49.3 Å². The number of rotatable bonds is 3. The van der Waals surface area contributed by atoms with Gasteiger partial charge in [-0.05, 0) is 17.7 Å². The van der Waals surface area contributed by atoms with E-state index in [1.165, 1.54) is 0 Å². The third-order valence-electron chi connectivity index (χ3n) is 2.93. The molecule has 1 N–H and O–H groups in total. The van der Waals surface area contributed by atoms with E-state index in [-0.39, 0.29) is 5.41 Å². The zero-order valence-electron chi connectivity index (χ0n) is 11.7. The molecule has 1 aromatic heterocycles. The summed E-state index contributed by atoms with van der Waals surface area (Å²) in [4.78, 5) is 4.54. The second kappa shape index (κ2) is 6.14. The van der Waals surface area contributed by atoms with Crippen molar-refractivity contribution in [3.8, 4) is 0 Å². The number of benzene rings is 1. The predicted molar refractivity (Wildman–Crippen MR) is 88.6 cm³/mol. The van der Waals surface area contributed by atoms with E-state index < -0.39 is 6.10 Å². The van der Waals surface area contributed by atoms with E-state index in [9.17, 15) is 5.11 Å². The van der Waals surface area contributed by atoms with Crippen molar-refractivity contribution < 1.29 is 5.11 Å². The molecule has 0 bridgehead atoms. The van der Waals surface area contributed by atoms with Crippen LogP contribution in [-0.2, 0) is 11.8 Å². The maximum atomic E-state index is 10.3. The summed E-state index contributed by atoms with van der Waals surface area (Å²) in [6.07, 6.45) is -0.152. The van der Waals surface area contributed by atoms with E-state index in [1.54, 1.807) is 11.3 Å². The Kier molecular flexibility index (Phi) is 4.90. The summed E-state index contributed by atoms with van der Waals surface area (Å²) in [7, 11) is 0. The molecule has 0 aliphatic carbocycles. The number of nitrogens with zero attached hydrogens (tertiary/aromatic N) is 1. The highest BCUT2D eigenvalue weighted by atomic mass is 79.9. The van der Waals surface area contributed by atoms with Gasteiger partial charge in [0.05, 0.1) is 10.7 Å². The van der Waals surface area contributed by atoms with Gasteiger partial charge in [-0.25, -0.2) is 4.98 Å². The van der Waals surface area contributed by atoms with Crippen LogP contribution in [0.4, 0.5) is 0 Å². The Labute approximate surface area is 137 Å². The van der Waals surface area contributed by atoms with E-state index in [2.05, 4.69) is 41.7 Å². The second-order valence-corrected chi connectivity index (χ2v) is 7.96. The number of halogens is 2. The van der Waals surface area contributed by atoms with Crippen LogP contribution in [0, 0.1) is 0 Å². The van der Waals surface area contributed by atoms with Gasteiger partial charge in [0.2, 0.25) is 0 Å². The summed E-state index contributed by atoms with van der Waals surface area (Å²) in [5.74, 6) is 0. The maximum absolute atomic E-state index is 10.3. The molecule has 1 unspecified atom stereocenters. The van der Waals surface area contributed by atoms with Crippen LogP contribution in [0.3, 0.4) is 0 Å². The Morgan fingerprint density at radius 3 is 2.65 bits per heavy atom. The minimum atomic E-state index is -0.624. The van der Waals surface area contributed by atoms with Gasteiger partial charge in [0.15, 0.2) is 0 Å². The predicted octanol–water partition coefficient (Wildman–Crippen LogP) is 5.13. The highest BCUT2D eigenvalue weighted by molar-refractivity contribution is 9.10. The molecule has 2 nitrogen and oxygen atoms in total. The van der Waals surface area contributed by atoms with Gasteiger partial charge < -0.3 is 5.11 Å². The van der Waals surface area contributed by atoms with Crippen molar-refractivity contribution in [1.29, 1.82) is 0 Å². The lowest BCUT2D eigenvalue weighted by molar-refractivity contribution is 0.174. The number of aliphatic hydroxyl groups is 1. The van der Waals surface area contributed by atoms with Crippen LogP contribution in [0.5, 0.6) is 0 Å². The van der Waals surface area contributed by atoms with Crippen LogP contribution in [0.15, 0.2) is 28.1 Å². The normalized spacial score (nSPS) is 13.5. The van der Waals surface area contributed by atoms with Crippen LogP contribution < -0.4 is 0 Å². The summed E-state index contributed by atoms with van der Waals surface area (Å²) >= 11 is 11.1.